The Morgan fingerprint density at radius 1 is 0.964 bits per heavy atom. The summed E-state index contributed by atoms with van der Waals surface area (Å²) in [6, 6.07) is 11.9. The lowest BCUT2D eigenvalue weighted by Crippen LogP contribution is -2.32. The smallest absolute Gasteiger partial charge is 0.223 e. The molecule has 0 amide bonds. The average molecular weight is 433 g/mol. The van der Waals surface area contributed by atoms with Crippen LogP contribution in [0.1, 0.15) is 17.5 Å². The van der Waals surface area contributed by atoms with Gasteiger partial charge < -0.3 is 0 Å². The average Bonchev–Trinajstić information content (AvgIpc) is 3.14. The first-order chi connectivity index (χ1) is 13.0. The number of rotatable bonds is 5. The van der Waals surface area contributed by atoms with Crippen LogP contribution in [0.25, 0.3) is 0 Å². The van der Waals surface area contributed by atoms with Gasteiger partial charge in [-0.25, -0.2) is 21.1 Å². The molecule has 1 saturated heterocycles. The number of nitrogens with zero attached hydrogens (tertiary/aromatic N) is 1. The van der Waals surface area contributed by atoms with Gasteiger partial charge in [0, 0.05) is 13.1 Å². The molecule has 0 aromatic heterocycles. The summed E-state index contributed by atoms with van der Waals surface area (Å²) in [4.78, 5) is 0.122. The highest BCUT2D eigenvalue weighted by Gasteiger charge is 2.39. The Labute approximate surface area is 161 Å². The van der Waals surface area contributed by atoms with Gasteiger partial charge >= 0.3 is 6.18 Å². The van der Waals surface area contributed by atoms with Gasteiger partial charge in [-0.05, 0) is 30.2 Å². The van der Waals surface area contributed by atoms with E-state index in [9.17, 15) is 30.0 Å². The predicted molar refractivity (Wildman–Crippen MR) is 97.7 cm³/mol. The fraction of sp³-hybridized carbons (Fsp3) is 0.333. The monoisotopic (exact) mass is 433 g/mol. The fourth-order valence-corrected chi connectivity index (χ4v) is 6.53. The van der Waals surface area contributed by atoms with Crippen LogP contribution in [0.15, 0.2) is 59.5 Å². The minimum Gasteiger partial charge on any atom is -0.223 e. The Kier molecular flexibility index (Phi) is 5.57. The lowest BCUT2D eigenvalue weighted by atomic mass is 10.1. The molecule has 1 heterocycles. The standard InChI is InChI=1S/C18H18F3NO4S2/c19-18(20,21)15-6-4-5-14(11-15)13-27(23,24)22-10-9-17(12-22)28(25,26)16-7-2-1-3-8-16/h1-8,11,17H,9-10,12-13H2. The van der Waals surface area contributed by atoms with Gasteiger partial charge in [-0.2, -0.15) is 13.2 Å². The first kappa shape index (κ1) is 20.8. The van der Waals surface area contributed by atoms with Crippen molar-refractivity contribution in [3.63, 3.8) is 0 Å². The molecule has 0 radical (unpaired) electrons. The van der Waals surface area contributed by atoms with Crippen molar-refractivity contribution in [2.24, 2.45) is 0 Å². The van der Waals surface area contributed by atoms with E-state index in [0.717, 1.165) is 22.5 Å². The highest BCUT2D eigenvalue weighted by molar-refractivity contribution is 7.92. The quantitative estimate of drug-likeness (QED) is 0.727. The molecule has 1 aliphatic heterocycles. The van der Waals surface area contributed by atoms with Crippen molar-refractivity contribution in [1.29, 1.82) is 0 Å². The van der Waals surface area contributed by atoms with E-state index in [4.69, 9.17) is 0 Å². The van der Waals surface area contributed by atoms with Crippen molar-refractivity contribution in [1.82, 2.24) is 4.31 Å². The number of hydrogen-bond donors (Lipinski definition) is 0. The van der Waals surface area contributed by atoms with Gasteiger partial charge in [-0.1, -0.05) is 36.4 Å². The van der Waals surface area contributed by atoms with Crippen molar-refractivity contribution in [2.45, 2.75) is 28.5 Å². The third kappa shape index (κ3) is 4.39. The molecule has 1 unspecified atom stereocenters. The van der Waals surface area contributed by atoms with E-state index >= 15 is 0 Å². The molecule has 0 N–H and O–H groups in total. The van der Waals surface area contributed by atoms with Crippen LogP contribution in [0.3, 0.4) is 0 Å². The van der Waals surface area contributed by atoms with E-state index in [1.807, 2.05) is 0 Å². The Bertz CT molecular complexity index is 1050. The first-order valence-electron chi connectivity index (χ1n) is 8.43. The van der Waals surface area contributed by atoms with Crippen LogP contribution >= 0.6 is 0 Å². The van der Waals surface area contributed by atoms with Crippen LogP contribution in [0.5, 0.6) is 0 Å². The molecule has 0 spiro atoms. The second-order valence-electron chi connectivity index (χ2n) is 6.58. The van der Waals surface area contributed by atoms with Gasteiger partial charge in [0.1, 0.15) is 0 Å². The van der Waals surface area contributed by atoms with Crippen LogP contribution in [0.4, 0.5) is 13.2 Å². The molecule has 28 heavy (non-hydrogen) atoms. The third-order valence-corrected chi connectivity index (χ3v) is 8.62. The molecular formula is C18H18F3NO4S2. The number of halogens is 3. The van der Waals surface area contributed by atoms with Gasteiger partial charge in [0.15, 0.2) is 9.84 Å². The van der Waals surface area contributed by atoms with Gasteiger partial charge in [0.05, 0.1) is 21.5 Å². The van der Waals surface area contributed by atoms with E-state index in [1.54, 1.807) is 18.2 Å². The van der Waals surface area contributed by atoms with Gasteiger partial charge in [0.2, 0.25) is 10.0 Å². The van der Waals surface area contributed by atoms with Gasteiger partial charge in [-0.15, -0.1) is 0 Å². The second-order valence-corrected chi connectivity index (χ2v) is 10.8. The van der Waals surface area contributed by atoms with Crippen molar-refractivity contribution < 1.29 is 30.0 Å². The molecule has 0 bridgehead atoms. The molecule has 3 rings (SSSR count). The molecular weight excluding hydrogens is 415 g/mol. The minimum absolute atomic E-state index is 0.00388. The minimum atomic E-state index is -4.57. The summed E-state index contributed by atoms with van der Waals surface area (Å²) in [5, 5.41) is -0.883. The molecule has 2 aromatic rings. The lowest BCUT2D eigenvalue weighted by molar-refractivity contribution is -0.137. The van der Waals surface area contributed by atoms with Crippen LogP contribution in [0.2, 0.25) is 0 Å². The van der Waals surface area contributed by atoms with Crippen LogP contribution in [-0.2, 0) is 31.8 Å². The fourth-order valence-electron chi connectivity index (χ4n) is 3.15. The van der Waals surface area contributed by atoms with Crippen LogP contribution in [-0.4, -0.2) is 39.5 Å². The lowest BCUT2D eigenvalue weighted by Gasteiger charge is -2.17. The number of benzene rings is 2. The summed E-state index contributed by atoms with van der Waals surface area (Å²) in [5.74, 6) is -0.616. The molecule has 1 atom stereocenters. The summed E-state index contributed by atoms with van der Waals surface area (Å²) in [6.45, 7) is -0.198. The maximum atomic E-state index is 12.8. The maximum Gasteiger partial charge on any atom is 0.416 e. The summed E-state index contributed by atoms with van der Waals surface area (Å²) < 4.78 is 90.1. The van der Waals surface area contributed by atoms with Crippen LogP contribution in [0, 0.1) is 0 Å². The van der Waals surface area contributed by atoms with Crippen molar-refractivity contribution >= 4 is 19.9 Å². The topological polar surface area (TPSA) is 71.5 Å². The zero-order valence-corrected chi connectivity index (χ0v) is 16.3. The van der Waals surface area contributed by atoms with E-state index in [2.05, 4.69) is 0 Å². The molecule has 10 heteroatoms. The highest BCUT2D eigenvalue weighted by atomic mass is 32.2. The van der Waals surface area contributed by atoms with Gasteiger partial charge in [-0.3, -0.25) is 0 Å². The Morgan fingerprint density at radius 3 is 2.29 bits per heavy atom. The summed E-state index contributed by atoms with van der Waals surface area (Å²) in [7, 11) is -7.63. The van der Waals surface area contributed by atoms with E-state index in [0.29, 0.717) is 0 Å². The summed E-state index contributed by atoms with van der Waals surface area (Å²) in [6.07, 6.45) is -4.43. The molecule has 152 valence electrons. The largest absolute Gasteiger partial charge is 0.416 e. The SMILES string of the molecule is O=S(=O)(c1ccccc1)C1CCN(S(=O)(=O)Cc2cccc(C(F)(F)F)c2)C1. The third-order valence-electron chi connectivity index (χ3n) is 4.62. The predicted octanol–water partition coefficient (Wildman–Crippen LogP) is 3.08. The Morgan fingerprint density at radius 2 is 1.64 bits per heavy atom. The maximum absolute atomic E-state index is 12.8. The number of alkyl halides is 3. The second kappa shape index (κ2) is 7.49. The number of hydrogen-bond acceptors (Lipinski definition) is 4. The first-order valence-corrected chi connectivity index (χ1v) is 11.6. The Hall–Kier alpha value is -1.91. The van der Waals surface area contributed by atoms with Gasteiger partial charge in [0.25, 0.3) is 0 Å². The zero-order valence-electron chi connectivity index (χ0n) is 14.6. The normalized spacial score (nSPS) is 19.0. The van der Waals surface area contributed by atoms with E-state index in [-0.39, 0.29) is 30.0 Å². The van der Waals surface area contributed by atoms with Crippen LogP contribution < -0.4 is 0 Å². The summed E-state index contributed by atoms with van der Waals surface area (Å²) in [5.41, 5.74) is -0.921. The Balaban J connectivity index is 1.76. The van der Waals surface area contributed by atoms with E-state index in [1.165, 1.54) is 18.2 Å². The van der Waals surface area contributed by atoms with E-state index < -0.39 is 42.6 Å². The van der Waals surface area contributed by atoms with Crippen molar-refractivity contribution in [3.8, 4) is 0 Å². The highest BCUT2D eigenvalue weighted by Crippen LogP contribution is 2.31. The number of sulfonamides is 1. The molecule has 2 aromatic carbocycles. The molecule has 1 aliphatic rings. The number of sulfone groups is 1. The molecule has 0 saturated carbocycles. The van der Waals surface area contributed by atoms with Crippen molar-refractivity contribution in [3.05, 3.63) is 65.7 Å². The molecule has 5 nitrogen and oxygen atoms in total. The zero-order chi connectivity index (χ0) is 20.6. The van der Waals surface area contributed by atoms with Crippen molar-refractivity contribution in [2.75, 3.05) is 13.1 Å². The molecule has 0 aliphatic carbocycles. The molecule has 1 fully saturated rings. The summed E-state index contributed by atoms with van der Waals surface area (Å²) >= 11 is 0.